The summed E-state index contributed by atoms with van der Waals surface area (Å²) in [6, 6.07) is 6.02. The second-order valence-corrected chi connectivity index (χ2v) is 5.95. The maximum absolute atomic E-state index is 9.22. The molecule has 2 aromatic heterocycles. The first-order valence-electron chi connectivity index (χ1n) is 6.50. The summed E-state index contributed by atoms with van der Waals surface area (Å²) in [6.45, 7) is 2.78. The molecule has 0 atom stereocenters. The third kappa shape index (κ3) is 3.85. The fourth-order valence-corrected chi connectivity index (χ4v) is 2.86. The van der Waals surface area contributed by atoms with Gasteiger partial charge in [-0.3, -0.25) is 4.98 Å². The van der Waals surface area contributed by atoms with Crippen LogP contribution < -0.4 is 0 Å². The van der Waals surface area contributed by atoms with Gasteiger partial charge in [0.2, 0.25) is 0 Å². The molecule has 0 aliphatic rings. The number of pyridine rings is 1. The largest absolute Gasteiger partial charge is 0.464 e. The van der Waals surface area contributed by atoms with Crippen LogP contribution in [-0.4, -0.2) is 29.1 Å². The zero-order valence-corrected chi connectivity index (χ0v) is 12.9. The van der Waals surface area contributed by atoms with Gasteiger partial charge in [-0.15, -0.1) is 11.8 Å². The zero-order valence-electron chi connectivity index (χ0n) is 12.1. The second kappa shape index (κ2) is 6.92. The summed E-state index contributed by atoms with van der Waals surface area (Å²) in [5, 5.41) is 9.22. The highest BCUT2D eigenvalue weighted by Crippen LogP contribution is 2.27. The van der Waals surface area contributed by atoms with Crippen LogP contribution in [0.5, 0.6) is 0 Å². The monoisotopic (exact) mass is 292 g/mol. The van der Waals surface area contributed by atoms with Crippen molar-refractivity contribution >= 4 is 11.8 Å². The molecule has 0 amide bonds. The third-order valence-electron chi connectivity index (χ3n) is 2.97. The highest BCUT2D eigenvalue weighted by Gasteiger charge is 2.08. The Morgan fingerprint density at radius 1 is 1.25 bits per heavy atom. The Balaban J connectivity index is 2.00. The molecule has 0 spiro atoms. The molecule has 0 unspecified atom stereocenters. The SMILES string of the molecule is Cc1c(SCc2ccc(CN(C)C)o2)ccnc1CO. The summed E-state index contributed by atoms with van der Waals surface area (Å²) in [6.07, 6.45) is 1.74. The van der Waals surface area contributed by atoms with Crippen LogP contribution in [0, 0.1) is 6.92 Å². The highest BCUT2D eigenvalue weighted by molar-refractivity contribution is 7.98. The number of hydrogen-bond acceptors (Lipinski definition) is 5. The van der Waals surface area contributed by atoms with Crippen molar-refractivity contribution in [2.24, 2.45) is 0 Å². The average Bonchev–Trinajstić information content (AvgIpc) is 2.84. The predicted molar refractivity (Wildman–Crippen MR) is 80.6 cm³/mol. The van der Waals surface area contributed by atoms with E-state index in [9.17, 15) is 5.11 Å². The molecule has 5 heteroatoms. The maximum atomic E-state index is 9.22. The van der Waals surface area contributed by atoms with Gasteiger partial charge in [-0.25, -0.2) is 0 Å². The minimum Gasteiger partial charge on any atom is -0.464 e. The van der Waals surface area contributed by atoms with Crippen molar-refractivity contribution < 1.29 is 9.52 Å². The van der Waals surface area contributed by atoms with Crippen molar-refractivity contribution in [1.82, 2.24) is 9.88 Å². The second-order valence-electron chi connectivity index (χ2n) is 4.93. The Hall–Kier alpha value is -1.30. The number of aliphatic hydroxyl groups excluding tert-OH is 1. The van der Waals surface area contributed by atoms with E-state index in [0.717, 1.165) is 40.0 Å². The topological polar surface area (TPSA) is 49.5 Å². The van der Waals surface area contributed by atoms with Gasteiger partial charge in [0.05, 0.1) is 24.6 Å². The van der Waals surface area contributed by atoms with Crippen LogP contribution >= 0.6 is 11.8 Å². The van der Waals surface area contributed by atoms with Crippen LogP contribution in [0.4, 0.5) is 0 Å². The number of aromatic nitrogens is 1. The van der Waals surface area contributed by atoms with Crippen LogP contribution in [0.2, 0.25) is 0 Å². The Morgan fingerprint density at radius 3 is 2.70 bits per heavy atom. The maximum Gasteiger partial charge on any atom is 0.118 e. The summed E-state index contributed by atoms with van der Waals surface area (Å²) in [4.78, 5) is 7.37. The van der Waals surface area contributed by atoms with Crippen molar-refractivity contribution in [3.8, 4) is 0 Å². The lowest BCUT2D eigenvalue weighted by molar-refractivity contribution is 0.275. The van der Waals surface area contributed by atoms with Crippen LogP contribution in [0.3, 0.4) is 0 Å². The first-order chi connectivity index (χ1) is 9.60. The van der Waals surface area contributed by atoms with Crippen LogP contribution in [0.15, 0.2) is 33.7 Å². The molecule has 0 saturated carbocycles. The van der Waals surface area contributed by atoms with Gasteiger partial charge in [-0.2, -0.15) is 0 Å². The molecule has 0 aliphatic heterocycles. The Labute approximate surface area is 123 Å². The van der Waals surface area contributed by atoms with Gasteiger partial charge in [-0.05, 0) is 44.8 Å². The van der Waals surface area contributed by atoms with E-state index in [1.165, 1.54) is 0 Å². The lowest BCUT2D eigenvalue weighted by atomic mass is 10.2. The fourth-order valence-electron chi connectivity index (χ4n) is 1.92. The third-order valence-corrected chi connectivity index (χ3v) is 4.15. The van der Waals surface area contributed by atoms with Crippen molar-refractivity contribution in [2.45, 2.75) is 30.7 Å². The van der Waals surface area contributed by atoms with Crippen molar-refractivity contribution in [1.29, 1.82) is 0 Å². The van der Waals surface area contributed by atoms with E-state index in [2.05, 4.69) is 9.88 Å². The lowest BCUT2D eigenvalue weighted by Gasteiger charge is -2.08. The molecule has 1 N–H and O–H groups in total. The van der Waals surface area contributed by atoms with E-state index in [-0.39, 0.29) is 6.61 Å². The molecular weight excluding hydrogens is 272 g/mol. The fraction of sp³-hybridized carbons (Fsp3) is 0.400. The molecule has 2 aromatic rings. The van der Waals surface area contributed by atoms with E-state index in [1.54, 1.807) is 18.0 Å². The average molecular weight is 292 g/mol. The molecule has 0 aliphatic carbocycles. The van der Waals surface area contributed by atoms with Gasteiger partial charge in [-0.1, -0.05) is 0 Å². The summed E-state index contributed by atoms with van der Waals surface area (Å²) < 4.78 is 5.79. The molecule has 0 radical (unpaired) electrons. The van der Waals surface area contributed by atoms with E-state index in [1.807, 2.05) is 39.2 Å². The van der Waals surface area contributed by atoms with Crippen molar-refractivity contribution in [2.75, 3.05) is 14.1 Å². The normalized spacial score (nSPS) is 11.2. The smallest absolute Gasteiger partial charge is 0.118 e. The van der Waals surface area contributed by atoms with Gasteiger partial charge in [0, 0.05) is 11.1 Å². The quantitative estimate of drug-likeness (QED) is 0.830. The highest BCUT2D eigenvalue weighted by atomic mass is 32.2. The van der Waals surface area contributed by atoms with Gasteiger partial charge < -0.3 is 14.4 Å². The Bertz CT molecular complexity index is 567. The predicted octanol–water partition coefficient (Wildman–Crippen LogP) is 2.83. The standard InChI is InChI=1S/C15H20N2O2S/c1-11-14(9-18)16-7-6-15(11)20-10-13-5-4-12(19-13)8-17(2)3/h4-7,18H,8-10H2,1-3H3. The molecule has 2 rings (SSSR count). The number of aliphatic hydroxyl groups is 1. The molecular formula is C15H20N2O2S. The van der Waals surface area contributed by atoms with E-state index in [4.69, 9.17) is 4.42 Å². The van der Waals surface area contributed by atoms with Gasteiger partial charge in [0.25, 0.3) is 0 Å². The van der Waals surface area contributed by atoms with Crippen LogP contribution in [0.1, 0.15) is 22.8 Å². The molecule has 0 bridgehead atoms. The number of furan rings is 1. The van der Waals surface area contributed by atoms with E-state index < -0.39 is 0 Å². The lowest BCUT2D eigenvalue weighted by Crippen LogP contribution is -2.09. The molecule has 4 nitrogen and oxygen atoms in total. The van der Waals surface area contributed by atoms with Gasteiger partial charge in [0.1, 0.15) is 11.5 Å². The number of rotatable bonds is 6. The summed E-state index contributed by atoms with van der Waals surface area (Å²) in [5.74, 6) is 2.73. The first kappa shape index (κ1) is 15.1. The molecule has 20 heavy (non-hydrogen) atoms. The number of thioether (sulfide) groups is 1. The zero-order chi connectivity index (χ0) is 14.5. The van der Waals surface area contributed by atoms with Gasteiger partial charge >= 0.3 is 0 Å². The number of nitrogens with zero attached hydrogens (tertiary/aromatic N) is 2. The molecule has 108 valence electrons. The minimum atomic E-state index is -0.0199. The van der Waals surface area contributed by atoms with Gasteiger partial charge in [0.15, 0.2) is 0 Å². The van der Waals surface area contributed by atoms with E-state index in [0.29, 0.717) is 0 Å². The molecule has 2 heterocycles. The molecule has 0 fully saturated rings. The first-order valence-corrected chi connectivity index (χ1v) is 7.49. The van der Waals surface area contributed by atoms with Crippen LogP contribution in [-0.2, 0) is 18.9 Å². The summed E-state index contributed by atoms with van der Waals surface area (Å²) >= 11 is 1.70. The molecule has 0 saturated heterocycles. The Morgan fingerprint density at radius 2 is 2.00 bits per heavy atom. The van der Waals surface area contributed by atoms with Crippen molar-refractivity contribution in [3.05, 3.63) is 47.2 Å². The summed E-state index contributed by atoms with van der Waals surface area (Å²) in [7, 11) is 4.04. The summed E-state index contributed by atoms with van der Waals surface area (Å²) in [5.41, 5.74) is 1.78. The molecule has 0 aromatic carbocycles. The van der Waals surface area contributed by atoms with Crippen molar-refractivity contribution in [3.63, 3.8) is 0 Å². The van der Waals surface area contributed by atoms with E-state index >= 15 is 0 Å². The van der Waals surface area contributed by atoms with Crippen LogP contribution in [0.25, 0.3) is 0 Å². The minimum absolute atomic E-state index is 0.0199. The Kier molecular flexibility index (Phi) is 5.23. The number of hydrogen-bond donors (Lipinski definition) is 1.